The van der Waals surface area contributed by atoms with Gasteiger partial charge in [0.2, 0.25) is 0 Å². The highest BCUT2D eigenvalue weighted by Gasteiger charge is 2.14. The fraction of sp³-hybridized carbons (Fsp3) is 0.364. The summed E-state index contributed by atoms with van der Waals surface area (Å²) in [6.45, 7) is 5.48. The summed E-state index contributed by atoms with van der Waals surface area (Å²) in [5.41, 5.74) is 2.92. The third-order valence-electron chi connectivity index (χ3n) is 4.33. The molecule has 0 bridgehead atoms. The van der Waals surface area contributed by atoms with Gasteiger partial charge in [-0.25, -0.2) is 4.98 Å². The molecule has 0 spiro atoms. The fourth-order valence-corrected chi connectivity index (χ4v) is 3.88. The number of amides is 1. The number of hydrogen-bond acceptors (Lipinski definition) is 5. The quantitative estimate of drug-likeness (QED) is 0.520. The summed E-state index contributed by atoms with van der Waals surface area (Å²) in [5.74, 6) is 0.749. The maximum Gasteiger partial charge on any atom is 0.263 e. The number of benzene rings is 1. The minimum absolute atomic E-state index is 0.0581. The van der Waals surface area contributed by atoms with Crippen LogP contribution in [0.5, 0.6) is 0 Å². The van der Waals surface area contributed by atoms with Gasteiger partial charge >= 0.3 is 0 Å². The summed E-state index contributed by atoms with van der Waals surface area (Å²) in [6, 6.07) is 11.8. The Kier molecular flexibility index (Phi) is 7.39. The van der Waals surface area contributed by atoms with Crippen molar-refractivity contribution in [3.8, 4) is 0 Å². The summed E-state index contributed by atoms with van der Waals surface area (Å²) in [5, 5.41) is 4.05. The number of rotatable bonds is 10. The predicted molar refractivity (Wildman–Crippen MR) is 110 cm³/mol. The van der Waals surface area contributed by atoms with Crippen molar-refractivity contribution in [3.63, 3.8) is 0 Å². The molecular weight excluding hydrogens is 372 g/mol. The van der Waals surface area contributed by atoms with Crippen molar-refractivity contribution in [1.29, 1.82) is 0 Å². The molecule has 1 amide bonds. The highest BCUT2D eigenvalue weighted by Crippen LogP contribution is 2.20. The van der Waals surface area contributed by atoms with Gasteiger partial charge in [-0.1, -0.05) is 37.6 Å². The van der Waals surface area contributed by atoms with Gasteiger partial charge in [0, 0.05) is 6.54 Å². The van der Waals surface area contributed by atoms with E-state index >= 15 is 0 Å². The number of aromatic nitrogens is 1. The van der Waals surface area contributed by atoms with Crippen LogP contribution in [0, 0.1) is 6.92 Å². The highest BCUT2D eigenvalue weighted by atomic mass is 32.1. The van der Waals surface area contributed by atoms with Crippen LogP contribution in [0.3, 0.4) is 0 Å². The zero-order chi connectivity index (χ0) is 19.8. The molecule has 2 heterocycles. The van der Waals surface area contributed by atoms with Crippen LogP contribution in [0.25, 0.3) is 0 Å². The summed E-state index contributed by atoms with van der Waals surface area (Å²) < 4.78 is 10.9. The molecule has 0 aliphatic heterocycles. The number of unbranched alkanes of at least 4 members (excludes halogenated alkanes) is 1. The Hall–Kier alpha value is -2.44. The van der Waals surface area contributed by atoms with Gasteiger partial charge < -0.3 is 14.5 Å². The lowest BCUT2D eigenvalue weighted by atomic mass is 10.1. The largest absolute Gasteiger partial charge is 0.467 e. The van der Waals surface area contributed by atoms with E-state index in [1.54, 1.807) is 6.26 Å². The van der Waals surface area contributed by atoms with Gasteiger partial charge in [-0.05, 0) is 43.0 Å². The molecule has 0 fully saturated rings. The van der Waals surface area contributed by atoms with Gasteiger partial charge in [-0.15, -0.1) is 11.3 Å². The van der Waals surface area contributed by atoms with Crippen molar-refractivity contribution < 1.29 is 13.9 Å². The van der Waals surface area contributed by atoms with E-state index in [0.29, 0.717) is 24.6 Å². The van der Waals surface area contributed by atoms with Crippen LogP contribution in [0.15, 0.2) is 47.1 Å². The lowest BCUT2D eigenvalue weighted by molar-refractivity contribution is 0.0928. The van der Waals surface area contributed by atoms with E-state index in [-0.39, 0.29) is 5.91 Å². The van der Waals surface area contributed by atoms with Gasteiger partial charge in [-0.3, -0.25) is 4.79 Å². The smallest absolute Gasteiger partial charge is 0.263 e. The number of carbonyl (C=O) groups is 1. The van der Waals surface area contributed by atoms with E-state index in [0.717, 1.165) is 46.9 Å². The molecule has 0 atom stereocenters. The Bertz CT molecular complexity index is 887. The van der Waals surface area contributed by atoms with Crippen LogP contribution in [-0.4, -0.2) is 10.9 Å². The molecule has 148 valence electrons. The molecule has 1 aromatic carbocycles. The van der Waals surface area contributed by atoms with Crippen LogP contribution in [0.1, 0.15) is 57.0 Å². The van der Waals surface area contributed by atoms with E-state index in [2.05, 4.69) is 23.3 Å². The molecule has 0 unspecified atom stereocenters. The molecule has 3 rings (SSSR count). The van der Waals surface area contributed by atoms with Gasteiger partial charge in [0.25, 0.3) is 5.91 Å². The normalized spacial score (nSPS) is 10.9. The van der Waals surface area contributed by atoms with Crippen LogP contribution in [0.2, 0.25) is 0 Å². The van der Waals surface area contributed by atoms with Gasteiger partial charge in [0.1, 0.15) is 17.2 Å². The van der Waals surface area contributed by atoms with Gasteiger partial charge in [-0.2, -0.15) is 0 Å². The second-order valence-electron chi connectivity index (χ2n) is 6.70. The average Bonchev–Trinajstić information content (AvgIpc) is 3.34. The number of nitrogens with one attached hydrogen (secondary N) is 1. The molecule has 0 radical (unpaired) electrons. The Labute approximate surface area is 169 Å². The number of ether oxygens (including phenoxy) is 1. The Morgan fingerprint density at radius 2 is 2.07 bits per heavy atom. The summed E-state index contributed by atoms with van der Waals surface area (Å²) in [7, 11) is 0. The Morgan fingerprint density at radius 3 is 2.86 bits per heavy atom. The van der Waals surface area contributed by atoms with Crippen LogP contribution in [-0.2, 0) is 30.9 Å². The number of nitrogens with zero attached hydrogens (tertiary/aromatic N) is 1. The minimum atomic E-state index is -0.0581. The van der Waals surface area contributed by atoms with Crippen molar-refractivity contribution >= 4 is 17.2 Å². The molecule has 0 aliphatic carbocycles. The maximum atomic E-state index is 12.5. The first-order valence-electron chi connectivity index (χ1n) is 9.58. The number of hydrogen-bond donors (Lipinski definition) is 1. The topological polar surface area (TPSA) is 64.4 Å². The molecule has 1 N–H and O–H groups in total. The maximum absolute atomic E-state index is 12.5. The molecule has 5 nitrogen and oxygen atoms in total. The summed E-state index contributed by atoms with van der Waals surface area (Å²) in [6.07, 6.45) is 4.81. The lowest BCUT2D eigenvalue weighted by Gasteiger charge is -2.07. The van der Waals surface area contributed by atoms with Crippen LogP contribution in [0.4, 0.5) is 0 Å². The first kappa shape index (κ1) is 20.3. The van der Waals surface area contributed by atoms with Crippen molar-refractivity contribution in [2.75, 3.05) is 0 Å². The third kappa shape index (κ3) is 5.78. The monoisotopic (exact) mass is 398 g/mol. The van der Waals surface area contributed by atoms with E-state index in [1.807, 2.05) is 37.3 Å². The molecule has 28 heavy (non-hydrogen) atoms. The van der Waals surface area contributed by atoms with E-state index in [1.165, 1.54) is 11.3 Å². The SMILES string of the molecule is CCCCc1nc(C)c(C(=O)NCc2cccc(COCc3ccco3)c2)s1. The van der Waals surface area contributed by atoms with Crippen molar-refractivity contribution in [1.82, 2.24) is 10.3 Å². The van der Waals surface area contributed by atoms with Gasteiger partial charge in [0.05, 0.1) is 23.6 Å². The van der Waals surface area contributed by atoms with Crippen LogP contribution >= 0.6 is 11.3 Å². The van der Waals surface area contributed by atoms with E-state index in [9.17, 15) is 4.79 Å². The number of carbonyl (C=O) groups excluding carboxylic acids is 1. The van der Waals surface area contributed by atoms with Crippen molar-refractivity contribution in [2.24, 2.45) is 0 Å². The molecular formula is C22H26N2O3S. The molecule has 0 aliphatic rings. The molecule has 6 heteroatoms. The Balaban J connectivity index is 1.51. The van der Waals surface area contributed by atoms with Crippen molar-refractivity contribution in [2.45, 2.75) is 52.9 Å². The second kappa shape index (κ2) is 10.2. The summed E-state index contributed by atoms with van der Waals surface area (Å²) >= 11 is 1.50. The minimum Gasteiger partial charge on any atom is -0.467 e. The first-order valence-corrected chi connectivity index (χ1v) is 10.4. The predicted octanol–water partition coefficient (Wildman–Crippen LogP) is 5.03. The highest BCUT2D eigenvalue weighted by molar-refractivity contribution is 7.13. The summed E-state index contributed by atoms with van der Waals surface area (Å²) in [4.78, 5) is 17.8. The number of aryl methyl sites for hydroxylation is 2. The molecule has 2 aromatic heterocycles. The third-order valence-corrected chi connectivity index (χ3v) is 5.54. The molecule has 0 saturated heterocycles. The molecule has 3 aromatic rings. The fourth-order valence-electron chi connectivity index (χ4n) is 2.85. The van der Waals surface area contributed by atoms with E-state index in [4.69, 9.17) is 9.15 Å². The number of furan rings is 1. The number of thiazole rings is 1. The van der Waals surface area contributed by atoms with Crippen molar-refractivity contribution in [3.05, 3.63) is 75.1 Å². The second-order valence-corrected chi connectivity index (χ2v) is 7.78. The van der Waals surface area contributed by atoms with E-state index < -0.39 is 0 Å². The zero-order valence-corrected chi connectivity index (χ0v) is 17.2. The van der Waals surface area contributed by atoms with Gasteiger partial charge in [0.15, 0.2) is 0 Å². The first-order chi connectivity index (χ1) is 13.7. The Morgan fingerprint density at radius 1 is 1.21 bits per heavy atom. The average molecular weight is 399 g/mol. The zero-order valence-electron chi connectivity index (χ0n) is 16.4. The van der Waals surface area contributed by atoms with Crippen LogP contribution < -0.4 is 5.32 Å². The molecule has 0 saturated carbocycles. The standard InChI is InChI=1S/C22H26N2O3S/c1-3-4-10-20-24-16(2)21(28-20)22(25)23-13-17-7-5-8-18(12-17)14-26-15-19-9-6-11-27-19/h5-9,11-12H,3-4,10,13-15H2,1-2H3,(H,23,25). The lowest BCUT2D eigenvalue weighted by Crippen LogP contribution is -2.22.